The molecule has 1 nitrogen and oxygen atoms in total. The van der Waals surface area contributed by atoms with E-state index < -0.39 is 0 Å². The lowest BCUT2D eigenvalue weighted by Crippen LogP contribution is -2.07. The van der Waals surface area contributed by atoms with Crippen molar-refractivity contribution in [1.82, 2.24) is 0 Å². The van der Waals surface area contributed by atoms with Crippen LogP contribution in [0.1, 0.15) is 32.1 Å². The van der Waals surface area contributed by atoms with E-state index in [1.165, 1.54) is 37.0 Å². The summed E-state index contributed by atoms with van der Waals surface area (Å²) in [6.45, 7) is 0. The van der Waals surface area contributed by atoms with E-state index in [4.69, 9.17) is 5.11 Å². The molecule has 1 saturated carbocycles. The van der Waals surface area contributed by atoms with Gasteiger partial charge in [-0.25, -0.2) is 0 Å². The van der Waals surface area contributed by atoms with Crippen molar-refractivity contribution in [3.63, 3.8) is 0 Å². The summed E-state index contributed by atoms with van der Waals surface area (Å²) < 4.78 is 0. The third kappa shape index (κ3) is 2.68. The topological polar surface area (TPSA) is 20.2 Å². The van der Waals surface area contributed by atoms with Crippen molar-refractivity contribution in [2.75, 3.05) is 0 Å². The first-order chi connectivity index (χ1) is 6.84. The zero-order valence-electron chi connectivity index (χ0n) is 8.28. The number of aromatic hydroxyl groups is 1. The van der Waals surface area contributed by atoms with Crippen LogP contribution in [0.3, 0.4) is 0 Å². The number of hydrogen-bond acceptors (Lipinski definition) is 2. The SMILES string of the molecule is Oc1ccc(SC2CCCCC2)cc1. The van der Waals surface area contributed by atoms with Crippen molar-refractivity contribution < 1.29 is 5.11 Å². The summed E-state index contributed by atoms with van der Waals surface area (Å²) in [6.07, 6.45) is 6.88. The zero-order chi connectivity index (χ0) is 9.80. The molecule has 14 heavy (non-hydrogen) atoms. The molecule has 0 aliphatic heterocycles. The van der Waals surface area contributed by atoms with Crippen LogP contribution in [0, 0.1) is 0 Å². The number of benzene rings is 1. The Hall–Kier alpha value is -0.630. The molecule has 0 spiro atoms. The molecule has 1 aliphatic rings. The maximum atomic E-state index is 9.15. The fraction of sp³-hybridized carbons (Fsp3) is 0.500. The van der Waals surface area contributed by atoms with Crippen LogP contribution >= 0.6 is 11.8 Å². The van der Waals surface area contributed by atoms with Gasteiger partial charge in [0.1, 0.15) is 5.75 Å². The number of thioether (sulfide) groups is 1. The molecule has 1 aliphatic carbocycles. The number of phenols is 1. The Balaban J connectivity index is 1.92. The van der Waals surface area contributed by atoms with Crippen LogP contribution in [-0.4, -0.2) is 10.4 Å². The highest BCUT2D eigenvalue weighted by Gasteiger charge is 2.14. The van der Waals surface area contributed by atoms with Crippen LogP contribution in [0.15, 0.2) is 29.2 Å². The van der Waals surface area contributed by atoms with Gasteiger partial charge in [0.2, 0.25) is 0 Å². The van der Waals surface area contributed by atoms with Gasteiger partial charge in [0.25, 0.3) is 0 Å². The summed E-state index contributed by atoms with van der Waals surface area (Å²) >= 11 is 1.96. The van der Waals surface area contributed by atoms with Gasteiger partial charge >= 0.3 is 0 Å². The van der Waals surface area contributed by atoms with Crippen LogP contribution in [0.5, 0.6) is 5.75 Å². The van der Waals surface area contributed by atoms with Gasteiger partial charge in [-0.15, -0.1) is 11.8 Å². The minimum atomic E-state index is 0.359. The summed E-state index contributed by atoms with van der Waals surface area (Å²) in [5.74, 6) is 0.359. The summed E-state index contributed by atoms with van der Waals surface area (Å²) in [5.41, 5.74) is 0. The Bertz CT molecular complexity index is 275. The second-order valence-electron chi connectivity index (χ2n) is 3.87. The normalized spacial score (nSPS) is 18.3. The molecule has 2 heteroatoms. The van der Waals surface area contributed by atoms with Crippen LogP contribution in [0.4, 0.5) is 0 Å². The van der Waals surface area contributed by atoms with E-state index in [2.05, 4.69) is 0 Å². The summed E-state index contributed by atoms with van der Waals surface area (Å²) in [7, 11) is 0. The molecule has 0 aromatic heterocycles. The van der Waals surface area contributed by atoms with Gasteiger partial charge in [0.15, 0.2) is 0 Å². The highest BCUT2D eigenvalue weighted by atomic mass is 32.2. The third-order valence-electron chi connectivity index (χ3n) is 2.69. The minimum absolute atomic E-state index is 0.359. The van der Waals surface area contributed by atoms with Crippen molar-refractivity contribution in [3.05, 3.63) is 24.3 Å². The van der Waals surface area contributed by atoms with Gasteiger partial charge in [-0.05, 0) is 37.1 Å². The van der Waals surface area contributed by atoms with Gasteiger partial charge in [0.05, 0.1) is 0 Å². The maximum Gasteiger partial charge on any atom is 0.115 e. The molecule has 2 rings (SSSR count). The molecule has 0 amide bonds. The largest absolute Gasteiger partial charge is 0.508 e. The van der Waals surface area contributed by atoms with Gasteiger partial charge < -0.3 is 5.11 Å². The molecule has 1 N–H and O–H groups in total. The van der Waals surface area contributed by atoms with Crippen LogP contribution in [0.2, 0.25) is 0 Å². The van der Waals surface area contributed by atoms with E-state index in [0.717, 1.165) is 5.25 Å². The monoisotopic (exact) mass is 208 g/mol. The molecule has 0 heterocycles. The van der Waals surface area contributed by atoms with E-state index in [1.54, 1.807) is 12.1 Å². The van der Waals surface area contributed by atoms with E-state index in [9.17, 15) is 0 Å². The fourth-order valence-electron chi connectivity index (χ4n) is 1.90. The average Bonchev–Trinajstić information content (AvgIpc) is 2.23. The van der Waals surface area contributed by atoms with Crippen molar-refractivity contribution in [1.29, 1.82) is 0 Å². The van der Waals surface area contributed by atoms with Crippen molar-refractivity contribution in [2.45, 2.75) is 42.2 Å². The lowest BCUT2D eigenvalue weighted by molar-refractivity contribution is 0.475. The van der Waals surface area contributed by atoms with Crippen molar-refractivity contribution in [2.24, 2.45) is 0 Å². The summed E-state index contributed by atoms with van der Waals surface area (Å²) in [6, 6.07) is 7.56. The molecule has 1 aromatic rings. The van der Waals surface area contributed by atoms with Crippen LogP contribution in [0.25, 0.3) is 0 Å². The van der Waals surface area contributed by atoms with E-state index in [1.807, 2.05) is 23.9 Å². The summed E-state index contributed by atoms with van der Waals surface area (Å²) in [5, 5.41) is 9.95. The van der Waals surface area contributed by atoms with Crippen molar-refractivity contribution >= 4 is 11.8 Å². The van der Waals surface area contributed by atoms with E-state index in [-0.39, 0.29) is 0 Å². The number of phenolic OH excluding ortho intramolecular Hbond substituents is 1. The van der Waals surface area contributed by atoms with E-state index >= 15 is 0 Å². The molecule has 0 bridgehead atoms. The molecular weight excluding hydrogens is 192 g/mol. The maximum absolute atomic E-state index is 9.15. The van der Waals surface area contributed by atoms with Gasteiger partial charge in [-0.1, -0.05) is 19.3 Å². The first kappa shape index (κ1) is 9.91. The standard InChI is InChI=1S/C12H16OS/c13-10-6-8-12(9-7-10)14-11-4-2-1-3-5-11/h6-9,11,13H,1-5H2. The molecule has 76 valence electrons. The van der Waals surface area contributed by atoms with Gasteiger partial charge in [0, 0.05) is 10.1 Å². The lowest BCUT2D eigenvalue weighted by Gasteiger charge is -2.20. The first-order valence-electron chi connectivity index (χ1n) is 5.30. The third-order valence-corrected chi connectivity index (χ3v) is 4.04. The molecule has 0 unspecified atom stereocenters. The Morgan fingerprint density at radius 2 is 1.64 bits per heavy atom. The van der Waals surface area contributed by atoms with E-state index in [0.29, 0.717) is 5.75 Å². The predicted molar refractivity (Wildman–Crippen MR) is 60.8 cm³/mol. The number of hydrogen-bond donors (Lipinski definition) is 1. The molecule has 0 atom stereocenters. The molecule has 0 radical (unpaired) electrons. The van der Waals surface area contributed by atoms with Crippen LogP contribution in [-0.2, 0) is 0 Å². The number of rotatable bonds is 2. The first-order valence-corrected chi connectivity index (χ1v) is 6.18. The van der Waals surface area contributed by atoms with Crippen LogP contribution < -0.4 is 0 Å². The highest BCUT2D eigenvalue weighted by molar-refractivity contribution is 8.00. The molecule has 1 fully saturated rings. The Morgan fingerprint density at radius 3 is 2.29 bits per heavy atom. The second-order valence-corrected chi connectivity index (χ2v) is 5.25. The highest BCUT2D eigenvalue weighted by Crippen LogP contribution is 2.33. The Labute approximate surface area is 89.5 Å². The van der Waals surface area contributed by atoms with Gasteiger partial charge in [-0.3, -0.25) is 0 Å². The molecular formula is C12H16OS. The fourth-order valence-corrected chi connectivity index (χ4v) is 3.15. The predicted octanol–water partition coefficient (Wildman–Crippen LogP) is 3.82. The second kappa shape index (κ2) is 4.74. The zero-order valence-corrected chi connectivity index (χ0v) is 9.09. The molecule has 1 aromatic carbocycles. The summed E-state index contributed by atoms with van der Waals surface area (Å²) in [4.78, 5) is 1.29. The Kier molecular flexibility index (Phi) is 3.35. The minimum Gasteiger partial charge on any atom is -0.508 e. The van der Waals surface area contributed by atoms with Crippen molar-refractivity contribution in [3.8, 4) is 5.75 Å². The average molecular weight is 208 g/mol. The quantitative estimate of drug-likeness (QED) is 0.797. The van der Waals surface area contributed by atoms with Gasteiger partial charge in [-0.2, -0.15) is 0 Å². The lowest BCUT2D eigenvalue weighted by atomic mass is 10.0. The molecule has 0 saturated heterocycles. The smallest absolute Gasteiger partial charge is 0.115 e. The Morgan fingerprint density at radius 1 is 1.00 bits per heavy atom.